The molecular weight excluding hydrogens is 323 g/mol. The van der Waals surface area contributed by atoms with Gasteiger partial charge in [0.15, 0.2) is 0 Å². The van der Waals surface area contributed by atoms with Gasteiger partial charge in [-0.2, -0.15) is 0 Å². The molecule has 3 rings (SSSR count). The SMILES string of the molecule is NC(=O)C1CCN(C(=O)C2CC2c2cccc(Cl)c2Cl)CC1. The molecule has 1 aliphatic carbocycles. The number of amides is 2. The molecule has 1 saturated heterocycles. The molecule has 1 saturated carbocycles. The lowest BCUT2D eigenvalue weighted by Crippen LogP contribution is -2.42. The number of primary amides is 1. The third-order valence-electron chi connectivity index (χ3n) is 4.70. The van der Waals surface area contributed by atoms with E-state index in [1.165, 1.54) is 0 Å². The number of nitrogens with zero attached hydrogens (tertiary/aromatic N) is 1. The van der Waals surface area contributed by atoms with Crippen molar-refractivity contribution >= 4 is 35.0 Å². The van der Waals surface area contributed by atoms with Crippen LogP contribution >= 0.6 is 23.2 Å². The van der Waals surface area contributed by atoms with Crippen LogP contribution in [-0.2, 0) is 9.59 Å². The van der Waals surface area contributed by atoms with Gasteiger partial charge in [-0.15, -0.1) is 0 Å². The standard InChI is InChI=1S/C16H18Cl2N2O2/c17-13-3-1-2-10(14(13)18)11-8-12(11)16(22)20-6-4-9(5-7-20)15(19)21/h1-3,9,11-12H,4-8H2,(H2,19,21). The molecule has 0 bridgehead atoms. The topological polar surface area (TPSA) is 63.4 Å². The Morgan fingerprint density at radius 3 is 2.50 bits per heavy atom. The van der Waals surface area contributed by atoms with Crippen molar-refractivity contribution in [1.82, 2.24) is 4.90 Å². The highest BCUT2D eigenvalue weighted by molar-refractivity contribution is 6.42. The zero-order valence-corrected chi connectivity index (χ0v) is 13.6. The Kier molecular flexibility index (Phi) is 4.33. The second-order valence-corrected chi connectivity index (χ2v) is 6.88. The number of likely N-dealkylation sites (tertiary alicyclic amines) is 1. The minimum absolute atomic E-state index is 0.0129. The van der Waals surface area contributed by atoms with E-state index in [4.69, 9.17) is 28.9 Å². The van der Waals surface area contributed by atoms with Gasteiger partial charge in [-0.3, -0.25) is 9.59 Å². The van der Waals surface area contributed by atoms with E-state index in [1.807, 2.05) is 17.0 Å². The average molecular weight is 341 g/mol. The number of hydrogen-bond acceptors (Lipinski definition) is 2. The molecule has 0 aromatic heterocycles. The Bertz CT molecular complexity index is 612. The van der Waals surface area contributed by atoms with Gasteiger partial charge in [0.25, 0.3) is 0 Å². The van der Waals surface area contributed by atoms with Crippen molar-refractivity contribution in [1.29, 1.82) is 0 Å². The van der Waals surface area contributed by atoms with Crippen molar-refractivity contribution in [3.05, 3.63) is 33.8 Å². The van der Waals surface area contributed by atoms with Crippen molar-refractivity contribution in [2.24, 2.45) is 17.6 Å². The van der Waals surface area contributed by atoms with Gasteiger partial charge in [-0.05, 0) is 36.8 Å². The first-order chi connectivity index (χ1) is 10.5. The van der Waals surface area contributed by atoms with E-state index in [0.29, 0.717) is 36.0 Å². The number of rotatable bonds is 3. The Labute approximate surface area is 139 Å². The Morgan fingerprint density at radius 1 is 1.18 bits per heavy atom. The van der Waals surface area contributed by atoms with Gasteiger partial charge < -0.3 is 10.6 Å². The summed E-state index contributed by atoms with van der Waals surface area (Å²) in [4.78, 5) is 25.6. The highest BCUT2D eigenvalue weighted by Gasteiger charge is 2.47. The molecule has 1 aliphatic heterocycles. The quantitative estimate of drug-likeness (QED) is 0.919. The molecule has 0 radical (unpaired) electrons. The number of hydrogen-bond donors (Lipinski definition) is 1. The van der Waals surface area contributed by atoms with Gasteiger partial charge in [0.05, 0.1) is 10.0 Å². The fourth-order valence-electron chi connectivity index (χ4n) is 3.24. The summed E-state index contributed by atoms with van der Waals surface area (Å²) in [7, 11) is 0. The van der Waals surface area contributed by atoms with Gasteiger partial charge >= 0.3 is 0 Å². The maximum Gasteiger partial charge on any atom is 0.226 e. The second-order valence-electron chi connectivity index (χ2n) is 6.09. The third-order valence-corrected chi connectivity index (χ3v) is 5.53. The van der Waals surface area contributed by atoms with Crippen molar-refractivity contribution in [2.45, 2.75) is 25.2 Å². The first-order valence-corrected chi connectivity index (χ1v) is 8.26. The lowest BCUT2D eigenvalue weighted by atomic mass is 9.96. The molecule has 2 unspecified atom stereocenters. The van der Waals surface area contributed by atoms with Crippen LogP contribution in [-0.4, -0.2) is 29.8 Å². The maximum atomic E-state index is 12.6. The molecule has 2 aliphatic rings. The molecule has 2 fully saturated rings. The van der Waals surface area contributed by atoms with E-state index in [0.717, 1.165) is 12.0 Å². The van der Waals surface area contributed by atoms with Crippen molar-refractivity contribution in [3.8, 4) is 0 Å². The van der Waals surface area contributed by atoms with Crippen LogP contribution in [0.25, 0.3) is 0 Å². The van der Waals surface area contributed by atoms with Crippen molar-refractivity contribution < 1.29 is 9.59 Å². The molecule has 2 amide bonds. The molecule has 4 nitrogen and oxygen atoms in total. The second kappa shape index (κ2) is 6.09. The first kappa shape index (κ1) is 15.6. The van der Waals surface area contributed by atoms with Gasteiger partial charge in [0.1, 0.15) is 0 Å². The number of halogens is 2. The van der Waals surface area contributed by atoms with E-state index < -0.39 is 0 Å². The van der Waals surface area contributed by atoms with Crippen LogP contribution in [0.3, 0.4) is 0 Å². The monoisotopic (exact) mass is 340 g/mol. The van der Waals surface area contributed by atoms with Gasteiger partial charge in [-0.25, -0.2) is 0 Å². The molecule has 1 aromatic carbocycles. The van der Waals surface area contributed by atoms with Gasteiger partial charge in [0.2, 0.25) is 11.8 Å². The van der Waals surface area contributed by atoms with E-state index in [2.05, 4.69) is 0 Å². The van der Waals surface area contributed by atoms with E-state index in [1.54, 1.807) is 6.07 Å². The van der Waals surface area contributed by atoms with Crippen LogP contribution < -0.4 is 5.73 Å². The zero-order valence-electron chi connectivity index (χ0n) is 12.1. The summed E-state index contributed by atoms with van der Waals surface area (Å²) in [5.74, 6) is -0.0545. The minimum Gasteiger partial charge on any atom is -0.369 e. The number of benzene rings is 1. The average Bonchev–Trinajstić information content (AvgIpc) is 3.30. The fraction of sp³-hybridized carbons (Fsp3) is 0.500. The van der Waals surface area contributed by atoms with Gasteiger partial charge in [-0.1, -0.05) is 35.3 Å². The van der Waals surface area contributed by atoms with Crippen LogP contribution in [0.5, 0.6) is 0 Å². The lowest BCUT2D eigenvalue weighted by molar-refractivity contribution is -0.136. The number of carbonyl (C=O) groups is 2. The maximum absolute atomic E-state index is 12.6. The fourth-order valence-corrected chi connectivity index (χ4v) is 3.69. The number of carbonyl (C=O) groups excluding carboxylic acids is 2. The van der Waals surface area contributed by atoms with Crippen LogP contribution in [0, 0.1) is 11.8 Å². The molecule has 1 heterocycles. The molecule has 2 N–H and O–H groups in total. The first-order valence-electron chi connectivity index (χ1n) is 7.51. The summed E-state index contributed by atoms with van der Waals surface area (Å²) in [5, 5.41) is 1.08. The summed E-state index contributed by atoms with van der Waals surface area (Å²) < 4.78 is 0. The van der Waals surface area contributed by atoms with Crippen LogP contribution in [0.4, 0.5) is 0 Å². The Balaban J connectivity index is 1.62. The summed E-state index contributed by atoms with van der Waals surface area (Å²) in [6.07, 6.45) is 2.14. The molecular formula is C16H18Cl2N2O2. The van der Waals surface area contributed by atoms with Gasteiger partial charge in [0, 0.05) is 24.9 Å². The highest BCUT2D eigenvalue weighted by Crippen LogP contribution is 2.51. The van der Waals surface area contributed by atoms with Crippen LogP contribution in [0.1, 0.15) is 30.7 Å². The highest BCUT2D eigenvalue weighted by atomic mass is 35.5. The van der Waals surface area contributed by atoms with Crippen molar-refractivity contribution in [3.63, 3.8) is 0 Å². The smallest absolute Gasteiger partial charge is 0.226 e. The molecule has 1 aromatic rings. The molecule has 118 valence electrons. The van der Waals surface area contributed by atoms with Crippen LogP contribution in [0.2, 0.25) is 10.0 Å². The normalized spacial score (nSPS) is 25.1. The predicted octanol–water partition coefficient (Wildman–Crippen LogP) is 2.82. The summed E-state index contributed by atoms with van der Waals surface area (Å²) in [5.41, 5.74) is 6.28. The summed E-state index contributed by atoms with van der Waals surface area (Å²) in [6, 6.07) is 5.55. The zero-order chi connectivity index (χ0) is 15.9. The minimum atomic E-state index is -0.262. The Hall–Kier alpha value is -1.26. The number of nitrogens with two attached hydrogens (primary N) is 1. The third kappa shape index (κ3) is 2.95. The number of piperidine rings is 1. The predicted molar refractivity (Wildman–Crippen MR) is 85.8 cm³/mol. The molecule has 22 heavy (non-hydrogen) atoms. The largest absolute Gasteiger partial charge is 0.369 e. The molecule has 2 atom stereocenters. The lowest BCUT2D eigenvalue weighted by Gasteiger charge is -2.30. The van der Waals surface area contributed by atoms with E-state index in [9.17, 15) is 9.59 Å². The Morgan fingerprint density at radius 2 is 1.86 bits per heavy atom. The van der Waals surface area contributed by atoms with Crippen molar-refractivity contribution in [2.75, 3.05) is 13.1 Å². The molecule has 6 heteroatoms. The van der Waals surface area contributed by atoms with Crippen LogP contribution in [0.15, 0.2) is 18.2 Å². The van der Waals surface area contributed by atoms with E-state index in [-0.39, 0.29) is 29.6 Å². The summed E-state index contributed by atoms with van der Waals surface area (Å²) in [6.45, 7) is 1.22. The molecule has 0 spiro atoms. The van der Waals surface area contributed by atoms with E-state index >= 15 is 0 Å². The summed E-state index contributed by atoms with van der Waals surface area (Å²) >= 11 is 12.3.